The normalized spacial score (nSPS) is 15.9. The summed E-state index contributed by atoms with van der Waals surface area (Å²) in [6.07, 6.45) is 9.93. The highest BCUT2D eigenvalue weighted by Gasteiger charge is 2.12. The van der Waals surface area contributed by atoms with Crippen LogP contribution in [-0.4, -0.2) is 57.1 Å². The number of aliphatic imine (C=N–C) groups is 1. The fraction of sp³-hybridized carbons (Fsp3) is 0.714. The maximum Gasteiger partial charge on any atom is 0.213 e. The Balaban J connectivity index is 1.71. The summed E-state index contributed by atoms with van der Waals surface area (Å²) < 4.78 is 16.5. The van der Waals surface area contributed by atoms with Crippen LogP contribution < -0.4 is 15.4 Å². The number of hydrogen-bond acceptors (Lipinski definition) is 5. The molecule has 0 unspecified atom stereocenters. The number of ether oxygens (including phenoxy) is 3. The summed E-state index contributed by atoms with van der Waals surface area (Å²) in [6, 6.07) is 3.85. The molecule has 7 heteroatoms. The highest BCUT2D eigenvalue weighted by atomic mass is 16.5. The van der Waals surface area contributed by atoms with Crippen LogP contribution in [0, 0.1) is 0 Å². The molecule has 2 N–H and O–H groups in total. The van der Waals surface area contributed by atoms with E-state index in [9.17, 15) is 0 Å². The number of rotatable bonds is 11. The zero-order valence-corrected chi connectivity index (χ0v) is 17.4. The monoisotopic (exact) mass is 392 g/mol. The summed E-state index contributed by atoms with van der Waals surface area (Å²) >= 11 is 0. The van der Waals surface area contributed by atoms with E-state index in [0.29, 0.717) is 38.3 Å². The minimum atomic E-state index is 0.430. The van der Waals surface area contributed by atoms with Crippen molar-refractivity contribution in [2.45, 2.75) is 58.1 Å². The first-order valence-electron chi connectivity index (χ1n) is 10.5. The minimum Gasteiger partial charge on any atom is -0.475 e. The van der Waals surface area contributed by atoms with Gasteiger partial charge in [-0.25, -0.2) is 9.98 Å². The Labute approximate surface area is 169 Å². The maximum absolute atomic E-state index is 6.03. The van der Waals surface area contributed by atoms with Gasteiger partial charge in [0.05, 0.1) is 25.9 Å². The number of pyridine rings is 1. The maximum atomic E-state index is 6.03. The van der Waals surface area contributed by atoms with Crippen molar-refractivity contribution in [3.05, 3.63) is 23.9 Å². The quantitative estimate of drug-likeness (QED) is 0.261. The van der Waals surface area contributed by atoms with E-state index in [-0.39, 0.29) is 0 Å². The smallest absolute Gasteiger partial charge is 0.213 e. The van der Waals surface area contributed by atoms with E-state index >= 15 is 0 Å². The van der Waals surface area contributed by atoms with Crippen molar-refractivity contribution in [2.24, 2.45) is 4.99 Å². The van der Waals surface area contributed by atoms with Crippen molar-refractivity contribution in [1.29, 1.82) is 0 Å². The van der Waals surface area contributed by atoms with Crippen LogP contribution in [0.4, 0.5) is 0 Å². The average Bonchev–Trinajstić information content (AvgIpc) is 2.99. The molecular formula is C21H36N4O3. The minimum absolute atomic E-state index is 0.430. The van der Waals surface area contributed by atoms with Gasteiger partial charge in [-0.2, -0.15) is 0 Å². The fourth-order valence-corrected chi connectivity index (χ4v) is 3.14. The van der Waals surface area contributed by atoms with Gasteiger partial charge in [0.15, 0.2) is 5.96 Å². The number of methoxy groups -OCH3 is 1. The molecule has 0 aliphatic heterocycles. The molecule has 0 saturated heterocycles. The Bertz CT molecular complexity index is 543. The number of nitrogens with one attached hydrogen (secondary N) is 2. The standard InChI is InChI=1S/C21H36N4O3/c1-3-22-21(23-12-13-27-19-8-6-4-5-7-9-19)25-17-18-10-11-20(24-16-18)28-15-14-26-2/h10-11,16,19H,3-9,12-15,17H2,1-2H3,(H2,22,23,25). The van der Waals surface area contributed by atoms with Crippen LogP contribution in [0.3, 0.4) is 0 Å². The number of nitrogens with zero attached hydrogens (tertiary/aromatic N) is 2. The first kappa shape index (κ1) is 22.4. The molecule has 0 bridgehead atoms. The number of aromatic nitrogens is 1. The highest BCUT2D eigenvalue weighted by molar-refractivity contribution is 5.79. The Morgan fingerprint density at radius 2 is 1.93 bits per heavy atom. The number of guanidine groups is 1. The van der Waals surface area contributed by atoms with E-state index < -0.39 is 0 Å². The van der Waals surface area contributed by atoms with Gasteiger partial charge < -0.3 is 24.8 Å². The van der Waals surface area contributed by atoms with E-state index in [1.807, 2.05) is 12.1 Å². The van der Waals surface area contributed by atoms with E-state index in [1.54, 1.807) is 13.3 Å². The van der Waals surface area contributed by atoms with Crippen molar-refractivity contribution in [2.75, 3.05) is 40.0 Å². The lowest BCUT2D eigenvalue weighted by molar-refractivity contribution is 0.0468. The van der Waals surface area contributed by atoms with Crippen molar-refractivity contribution in [3.8, 4) is 5.88 Å². The van der Waals surface area contributed by atoms with Gasteiger partial charge in [0, 0.05) is 32.5 Å². The van der Waals surface area contributed by atoms with Crippen molar-refractivity contribution in [1.82, 2.24) is 15.6 Å². The molecule has 1 fully saturated rings. The predicted molar refractivity (Wildman–Crippen MR) is 112 cm³/mol. The lowest BCUT2D eigenvalue weighted by atomic mass is 10.1. The van der Waals surface area contributed by atoms with Crippen molar-refractivity contribution in [3.63, 3.8) is 0 Å². The summed E-state index contributed by atoms with van der Waals surface area (Å²) in [5.41, 5.74) is 1.03. The molecule has 2 rings (SSSR count). The zero-order chi connectivity index (χ0) is 19.9. The van der Waals surface area contributed by atoms with Crippen LogP contribution in [0.15, 0.2) is 23.3 Å². The molecule has 1 aliphatic carbocycles. The molecule has 1 saturated carbocycles. The molecule has 28 heavy (non-hydrogen) atoms. The van der Waals surface area contributed by atoms with Crippen molar-refractivity contribution < 1.29 is 14.2 Å². The molecular weight excluding hydrogens is 356 g/mol. The van der Waals surface area contributed by atoms with E-state index in [1.165, 1.54) is 38.5 Å². The second kappa shape index (κ2) is 14.2. The zero-order valence-electron chi connectivity index (χ0n) is 17.4. The lowest BCUT2D eigenvalue weighted by Gasteiger charge is -2.16. The van der Waals surface area contributed by atoms with Crippen LogP contribution in [-0.2, 0) is 16.0 Å². The molecule has 1 aliphatic rings. The van der Waals surface area contributed by atoms with Gasteiger partial charge in [-0.3, -0.25) is 0 Å². The summed E-state index contributed by atoms with van der Waals surface area (Å²) in [7, 11) is 1.65. The van der Waals surface area contributed by atoms with E-state index in [4.69, 9.17) is 14.2 Å². The largest absolute Gasteiger partial charge is 0.475 e. The van der Waals surface area contributed by atoms with Crippen LogP contribution in [0.5, 0.6) is 5.88 Å². The highest BCUT2D eigenvalue weighted by Crippen LogP contribution is 2.19. The summed E-state index contributed by atoms with van der Waals surface area (Å²) in [6.45, 7) is 5.96. The number of hydrogen-bond donors (Lipinski definition) is 2. The predicted octanol–water partition coefficient (Wildman–Crippen LogP) is 2.90. The topological polar surface area (TPSA) is 77.0 Å². The molecule has 0 radical (unpaired) electrons. The summed E-state index contributed by atoms with van der Waals surface area (Å²) in [5.74, 6) is 1.40. The third kappa shape index (κ3) is 9.37. The Morgan fingerprint density at radius 1 is 1.11 bits per heavy atom. The first-order chi connectivity index (χ1) is 13.8. The molecule has 158 valence electrons. The first-order valence-corrected chi connectivity index (χ1v) is 10.5. The van der Waals surface area contributed by atoms with Gasteiger partial charge in [0.1, 0.15) is 6.61 Å². The second-order valence-corrected chi connectivity index (χ2v) is 6.95. The van der Waals surface area contributed by atoms with Gasteiger partial charge >= 0.3 is 0 Å². The van der Waals surface area contributed by atoms with E-state index in [0.717, 1.165) is 24.6 Å². The van der Waals surface area contributed by atoms with Gasteiger partial charge in [-0.1, -0.05) is 31.7 Å². The Morgan fingerprint density at radius 3 is 2.61 bits per heavy atom. The molecule has 0 aromatic carbocycles. The molecule has 1 aromatic rings. The van der Waals surface area contributed by atoms with Gasteiger partial charge in [-0.05, 0) is 25.3 Å². The molecule has 0 atom stereocenters. The summed E-state index contributed by atoms with van der Waals surface area (Å²) in [4.78, 5) is 8.93. The average molecular weight is 393 g/mol. The molecule has 1 aromatic heterocycles. The second-order valence-electron chi connectivity index (χ2n) is 6.95. The summed E-state index contributed by atoms with van der Waals surface area (Å²) in [5, 5.41) is 6.62. The van der Waals surface area contributed by atoms with Gasteiger partial charge in [0.25, 0.3) is 0 Å². The fourth-order valence-electron chi connectivity index (χ4n) is 3.14. The molecule has 1 heterocycles. The van der Waals surface area contributed by atoms with Crippen molar-refractivity contribution >= 4 is 5.96 Å². The van der Waals surface area contributed by atoms with Crippen LogP contribution in [0.25, 0.3) is 0 Å². The Kier molecular flexibility index (Phi) is 11.4. The van der Waals surface area contributed by atoms with E-state index in [2.05, 4.69) is 27.5 Å². The van der Waals surface area contributed by atoms with Crippen LogP contribution in [0.1, 0.15) is 51.0 Å². The molecule has 7 nitrogen and oxygen atoms in total. The van der Waals surface area contributed by atoms with Crippen LogP contribution >= 0.6 is 0 Å². The molecule has 0 spiro atoms. The molecule has 0 amide bonds. The third-order valence-corrected chi connectivity index (χ3v) is 4.65. The van der Waals surface area contributed by atoms with Crippen LogP contribution in [0.2, 0.25) is 0 Å². The lowest BCUT2D eigenvalue weighted by Crippen LogP contribution is -2.39. The van der Waals surface area contributed by atoms with Gasteiger partial charge in [-0.15, -0.1) is 0 Å². The Hall–Kier alpha value is -1.86. The van der Waals surface area contributed by atoms with Gasteiger partial charge in [0.2, 0.25) is 5.88 Å². The third-order valence-electron chi connectivity index (χ3n) is 4.65. The SMILES string of the molecule is CCNC(=NCc1ccc(OCCOC)nc1)NCCOC1CCCCCC1.